The highest BCUT2D eigenvalue weighted by molar-refractivity contribution is 7.99. The Morgan fingerprint density at radius 1 is 1.29 bits per heavy atom. The second kappa shape index (κ2) is 6.28. The quantitative estimate of drug-likeness (QED) is 0.770. The van der Waals surface area contributed by atoms with Gasteiger partial charge in [0.2, 0.25) is 0 Å². The van der Waals surface area contributed by atoms with Crippen LogP contribution >= 0.6 is 11.8 Å². The molecule has 0 saturated heterocycles. The third kappa shape index (κ3) is 3.25. The third-order valence-electron chi connectivity index (χ3n) is 3.24. The smallest absolute Gasteiger partial charge is 0.263 e. The van der Waals surface area contributed by atoms with Gasteiger partial charge >= 0.3 is 0 Å². The lowest BCUT2D eigenvalue weighted by Gasteiger charge is -2.12. The summed E-state index contributed by atoms with van der Waals surface area (Å²) in [5.41, 5.74) is 2.89. The molecule has 108 valence electrons. The predicted molar refractivity (Wildman–Crippen MR) is 84.5 cm³/mol. The second-order valence-electron chi connectivity index (χ2n) is 4.76. The summed E-state index contributed by atoms with van der Waals surface area (Å²) < 4.78 is 5.72. The Hall–Kier alpha value is -1.85. The van der Waals surface area contributed by atoms with Gasteiger partial charge in [0.1, 0.15) is 10.5 Å². The van der Waals surface area contributed by atoms with Gasteiger partial charge in [-0.1, -0.05) is 19.1 Å². The number of nitrogens with one attached hydrogen (secondary N) is 1. The van der Waals surface area contributed by atoms with E-state index in [0.717, 1.165) is 22.7 Å². The standard InChI is InChI=1S/C16H17N3OS/c1-3-17-11(2)12-8-9-18-15(10-12)21-16-19-13-6-4-5-7-14(13)20-16/h4-11,17H,3H2,1-2H3. The van der Waals surface area contributed by atoms with Crippen molar-refractivity contribution >= 4 is 22.9 Å². The van der Waals surface area contributed by atoms with Crippen LogP contribution in [0, 0.1) is 0 Å². The van der Waals surface area contributed by atoms with Gasteiger partial charge in [-0.05, 0) is 55.1 Å². The van der Waals surface area contributed by atoms with E-state index in [-0.39, 0.29) is 0 Å². The molecule has 5 heteroatoms. The van der Waals surface area contributed by atoms with Crippen molar-refractivity contribution in [2.45, 2.75) is 30.1 Å². The van der Waals surface area contributed by atoms with E-state index in [1.807, 2.05) is 36.5 Å². The van der Waals surface area contributed by atoms with Crippen LogP contribution in [-0.4, -0.2) is 16.5 Å². The number of oxazole rings is 1. The molecule has 1 atom stereocenters. The summed E-state index contributed by atoms with van der Waals surface area (Å²) >= 11 is 1.45. The van der Waals surface area contributed by atoms with E-state index < -0.39 is 0 Å². The van der Waals surface area contributed by atoms with Crippen molar-refractivity contribution < 1.29 is 4.42 Å². The lowest BCUT2D eigenvalue weighted by Crippen LogP contribution is -2.17. The molecule has 0 aliphatic rings. The van der Waals surface area contributed by atoms with Gasteiger partial charge in [0.05, 0.1) is 0 Å². The maximum absolute atomic E-state index is 5.72. The topological polar surface area (TPSA) is 51.0 Å². The Labute approximate surface area is 128 Å². The number of nitrogens with zero attached hydrogens (tertiary/aromatic N) is 2. The van der Waals surface area contributed by atoms with Gasteiger partial charge in [0, 0.05) is 12.2 Å². The maximum atomic E-state index is 5.72. The van der Waals surface area contributed by atoms with E-state index in [4.69, 9.17) is 4.42 Å². The zero-order valence-corrected chi connectivity index (χ0v) is 12.9. The minimum Gasteiger partial charge on any atom is -0.431 e. The average molecular weight is 299 g/mol. The molecule has 1 aromatic carbocycles. The molecule has 0 spiro atoms. The molecule has 0 amide bonds. The van der Waals surface area contributed by atoms with Gasteiger partial charge in [-0.25, -0.2) is 9.97 Å². The zero-order chi connectivity index (χ0) is 14.7. The average Bonchev–Trinajstić information content (AvgIpc) is 2.90. The van der Waals surface area contributed by atoms with Crippen LogP contribution in [0.25, 0.3) is 11.1 Å². The minimum atomic E-state index is 0.306. The van der Waals surface area contributed by atoms with E-state index in [2.05, 4.69) is 35.2 Å². The van der Waals surface area contributed by atoms with Crippen molar-refractivity contribution in [2.24, 2.45) is 0 Å². The highest BCUT2D eigenvalue weighted by Gasteiger charge is 2.10. The summed E-state index contributed by atoms with van der Waals surface area (Å²) in [7, 11) is 0. The van der Waals surface area contributed by atoms with Gasteiger partial charge in [0.25, 0.3) is 5.22 Å². The van der Waals surface area contributed by atoms with Crippen molar-refractivity contribution in [1.29, 1.82) is 0 Å². The fourth-order valence-electron chi connectivity index (χ4n) is 2.16. The molecule has 4 nitrogen and oxygen atoms in total. The van der Waals surface area contributed by atoms with E-state index in [9.17, 15) is 0 Å². The Kier molecular flexibility index (Phi) is 4.22. The first-order valence-electron chi connectivity index (χ1n) is 6.99. The molecule has 0 aliphatic heterocycles. The normalized spacial score (nSPS) is 12.7. The number of benzene rings is 1. The number of hydrogen-bond donors (Lipinski definition) is 1. The van der Waals surface area contributed by atoms with Crippen molar-refractivity contribution in [2.75, 3.05) is 6.54 Å². The van der Waals surface area contributed by atoms with E-state index in [0.29, 0.717) is 11.3 Å². The summed E-state index contributed by atoms with van der Waals surface area (Å²) in [6.45, 7) is 5.19. The SMILES string of the molecule is CCNC(C)c1ccnc(Sc2nc3ccccc3o2)c1. The largest absolute Gasteiger partial charge is 0.431 e. The van der Waals surface area contributed by atoms with Crippen LogP contribution in [0.15, 0.2) is 57.3 Å². The molecule has 0 saturated carbocycles. The molecule has 2 aromatic heterocycles. The fourth-order valence-corrected chi connectivity index (χ4v) is 2.92. The number of pyridine rings is 1. The first-order chi connectivity index (χ1) is 10.3. The third-order valence-corrected chi connectivity index (χ3v) is 4.02. The van der Waals surface area contributed by atoms with Gasteiger partial charge in [-0.2, -0.15) is 0 Å². The van der Waals surface area contributed by atoms with Crippen LogP contribution in [-0.2, 0) is 0 Å². The van der Waals surface area contributed by atoms with Crippen molar-refractivity contribution in [3.8, 4) is 0 Å². The highest BCUT2D eigenvalue weighted by Crippen LogP contribution is 2.29. The van der Waals surface area contributed by atoms with Crippen LogP contribution in [0.1, 0.15) is 25.5 Å². The van der Waals surface area contributed by atoms with E-state index in [1.165, 1.54) is 17.3 Å². The molecule has 0 bridgehead atoms. The molecule has 0 aliphatic carbocycles. The Balaban J connectivity index is 1.82. The summed E-state index contributed by atoms with van der Waals surface area (Å²) in [5, 5.41) is 4.91. The monoisotopic (exact) mass is 299 g/mol. The summed E-state index contributed by atoms with van der Waals surface area (Å²) in [4.78, 5) is 8.84. The predicted octanol–water partition coefficient (Wildman–Crippen LogP) is 4.04. The molecule has 3 aromatic rings. The summed E-state index contributed by atoms with van der Waals surface area (Å²) in [5.74, 6) is 0. The number of fused-ring (bicyclic) bond motifs is 1. The molecular weight excluding hydrogens is 282 g/mol. The molecule has 21 heavy (non-hydrogen) atoms. The second-order valence-corrected chi connectivity index (χ2v) is 5.73. The number of para-hydroxylation sites is 2. The van der Waals surface area contributed by atoms with Gasteiger partial charge < -0.3 is 9.73 Å². The Bertz CT molecular complexity index is 708. The van der Waals surface area contributed by atoms with Crippen molar-refractivity contribution in [3.05, 3.63) is 48.2 Å². The minimum absolute atomic E-state index is 0.306. The lowest BCUT2D eigenvalue weighted by atomic mass is 10.1. The molecular formula is C16H17N3OS. The van der Waals surface area contributed by atoms with Gasteiger partial charge in [-0.15, -0.1) is 0 Å². The molecule has 3 rings (SSSR count). The molecule has 0 radical (unpaired) electrons. The molecule has 2 heterocycles. The van der Waals surface area contributed by atoms with Crippen LogP contribution in [0.3, 0.4) is 0 Å². The van der Waals surface area contributed by atoms with Crippen LogP contribution < -0.4 is 5.32 Å². The first-order valence-corrected chi connectivity index (χ1v) is 7.80. The molecule has 0 fully saturated rings. The van der Waals surface area contributed by atoms with E-state index in [1.54, 1.807) is 0 Å². The van der Waals surface area contributed by atoms with Crippen LogP contribution in [0.4, 0.5) is 0 Å². The Morgan fingerprint density at radius 2 is 2.14 bits per heavy atom. The Morgan fingerprint density at radius 3 is 2.95 bits per heavy atom. The summed E-state index contributed by atoms with van der Waals surface area (Å²) in [6, 6.07) is 12.2. The number of aromatic nitrogens is 2. The van der Waals surface area contributed by atoms with Gasteiger partial charge in [-0.3, -0.25) is 0 Å². The highest BCUT2D eigenvalue weighted by atomic mass is 32.2. The zero-order valence-electron chi connectivity index (χ0n) is 12.0. The number of rotatable bonds is 5. The molecule has 1 unspecified atom stereocenters. The molecule has 1 N–H and O–H groups in total. The summed E-state index contributed by atoms with van der Waals surface area (Å²) in [6.07, 6.45) is 1.83. The van der Waals surface area contributed by atoms with Crippen molar-refractivity contribution in [1.82, 2.24) is 15.3 Å². The van der Waals surface area contributed by atoms with Crippen molar-refractivity contribution in [3.63, 3.8) is 0 Å². The van der Waals surface area contributed by atoms with Crippen LogP contribution in [0.5, 0.6) is 0 Å². The number of hydrogen-bond acceptors (Lipinski definition) is 5. The van der Waals surface area contributed by atoms with Gasteiger partial charge in [0.15, 0.2) is 5.58 Å². The van der Waals surface area contributed by atoms with E-state index >= 15 is 0 Å². The maximum Gasteiger partial charge on any atom is 0.263 e. The fraction of sp³-hybridized carbons (Fsp3) is 0.250. The first kappa shape index (κ1) is 14.1. The lowest BCUT2D eigenvalue weighted by molar-refractivity contribution is 0.489. The van der Waals surface area contributed by atoms with Crippen LogP contribution in [0.2, 0.25) is 0 Å².